The number of hydrogen-bond donors (Lipinski definition) is 0. The Balaban J connectivity index is 1.82. The van der Waals surface area contributed by atoms with Gasteiger partial charge in [0.2, 0.25) is 9.05 Å². The van der Waals surface area contributed by atoms with E-state index in [2.05, 4.69) is 0 Å². The van der Waals surface area contributed by atoms with Crippen LogP contribution in [0.3, 0.4) is 0 Å². The van der Waals surface area contributed by atoms with Gasteiger partial charge in [-0.05, 0) is 24.1 Å². The van der Waals surface area contributed by atoms with Crippen LogP contribution in [0, 0.1) is 0 Å². The third-order valence-electron chi connectivity index (χ3n) is 2.86. The lowest BCUT2D eigenvalue weighted by Gasteiger charge is -2.09. The van der Waals surface area contributed by atoms with E-state index in [9.17, 15) is 8.42 Å². The maximum atomic E-state index is 10.8. The molecule has 0 bridgehead atoms. The molecule has 2 aromatic carbocycles. The maximum Gasteiger partial charge on any atom is 0.232 e. The summed E-state index contributed by atoms with van der Waals surface area (Å²) in [5, 5.41) is 0. The molecule has 0 aliphatic heterocycles. The Bertz CT molecular complexity index is 686. The van der Waals surface area contributed by atoms with Crippen molar-refractivity contribution in [1.82, 2.24) is 0 Å². The van der Waals surface area contributed by atoms with Gasteiger partial charge in [-0.15, -0.1) is 0 Å². The molecule has 2 rings (SSSR count). The predicted molar refractivity (Wildman–Crippen MR) is 87.0 cm³/mol. The van der Waals surface area contributed by atoms with E-state index in [-0.39, 0.29) is 12.4 Å². The summed E-state index contributed by atoms with van der Waals surface area (Å²) >= 11 is 0. The fourth-order valence-corrected chi connectivity index (χ4v) is 2.61. The van der Waals surface area contributed by atoms with Crippen molar-refractivity contribution in [3.63, 3.8) is 0 Å². The minimum Gasteiger partial charge on any atom is -0.493 e. The van der Waals surface area contributed by atoms with E-state index < -0.39 is 9.05 Å². The van der Waals surface area contributed by atoms with Gasteiger partial charge in [0.05, 0.1) is 12.4 Å². The van der Waals surface area contributed by atoms with E-state index in [1.54, 1.807) is 12.1 Å². The Morgan fingerprint density at radius 1 is 0.909 bits per heavy atom. The average Bonchev–Trinajstić information content (AvgIpc) is 2.50. The Kier molecular flexibility index (Phi) is 6.10. The second-order valence-electron chi connectivity index (χ2n) is 4.69. The van der Waals surface area contributed by atoms with Crippen LogP contribution in [0.15, 0.2) is 54.6 Å². The van der Waals surface area contributed by atoms with Gasteiger partial charge in [0.1, 0.15) is 18.1 Å². The molecule has 0 unspecified atom stereocenters. The van der Waals surface area contributed by atoms with Crippen LogP contribution in [0.1, 0.15) is 12.0 Å². The van der Waals surface area contributed by atoms with Crippen molar-refractivity contribution < 1.29 is 17.9 Å². The standard InChI is InChI=1S/C16H17ClO4S/c17-22(18,19)11-5-10-20-15-8-4-9-16(12-15)21-13-14-6-2-1-3-7-14/h1-4,6-9,12H,5,10-11,13H2. The van der Waals surface area contributed by atoms with E-state index in [1.807, 2.05) is 42.5 Å². The minimum absolute atomic E-state index is 0.0985. The van der Waals surface area contributed by atoms with Crippen molar-refractivity contribution in [2.24, 2.45) is 0 Å². The molecule has 0 N–H and O–H groups in total. The zero-order valence-corrected chi connectivity index (χ0v) is 13.5. The van der Waals surface area contributed by atoms with Crippen LogP contribution in [0.2, 0.25) is 0 Å². The molecule has 0 aromatic heterocycles. The van der Waals surface area contributed by atoms with E-state index in [4.69, 9.17) is 20.2 Å². The van der Waals surface area contributed by atoms with Gasteiger partial charge < -0.3 is 9.47 Å². The van der Waals surface area contributed by atoms with Crippen LogP contribution in [0.5, 0.6) is 11.5 Å². The van der Waals surface area contributed by atoms with Gasteiger partial charge >= 0.3 is 0 Å². The fourth-order valence-electron chi connectivity index (χ4n) is 1.82. The van der Waals surface area contributed by atoms with Gasteiger partial charge in [-0.2, -0.15) is 0 Å². The zero-order chi connectivity index (χ0) is 15.8. The summed E-state index contributed by atoms with van der Waals surface area (Å²) in [6.45, 7) is 0.767. The summed E-state index contributed by atoms with van der Waals surface area (Å²) in [6, 6.07) is 17.1. The lowest BCUT2D eigenvalue weighted by Crippen LogP contribution is -2.05. The SMILES string of the molecule is O=S(=O)(Cl)CCCOc1cccc(OCc2ccccc2)c1. The number of ether oxygens (including phenoxy) is 2. The van der Waals surface area contributed by atoms with Crippen molar-refractivity contribution in [2.75, 3.05) is 12.4 Å². The highest BCUT2D eigenvalue weighted by atomic mass is 35.7. The topological polar surface area (TPSA) is 52.6 Å². The third-order valence-corrected chi connectivity index (χ3v) is 4.09. The van der Waals surface area contributed by atoms with Gasteiger partial charge in [0.25, 0.3) is 0 Å². The molecular weight excluding hydrogens is 324 g/mol. The van der Waals surface area contributed by atoms with E-state index in [1.165, 1.54) is 0 Å². The predicted octanol–water partition coefficient (Wildman–Crippen LogP) is 3.60. The van der Waals surface area contributed by atoms with Crippen LogP contribution < -0.4 is 9.47 Å². The first kappa shape index (κ1) is 16.6. The van der Waals surface area contributed by atoms with Gasteiger partial charge in [-0.1, -0.05) is 36.4 Å². The van der Waals surface area contributed by atoms with Crippen molar-refractivity contribution in [3.8, 4) is 11.5 Å². The van der Waals surface area contributed by atoms with Crippen molar-refractivity contribution >= 4 is 19.7 Å². The zero-order valence-electron chi connectivity index (χ0n) is 11.9. The number of rotatable bonds is 8. The molecule has 0 aliphatic carbocycles. The first-order valence-corrected chi connectivity index (χ1v) is 9.33. The molecule has 0 fully saturated rings. The molecule has 0 saturated carbocycles. The van der Waals surface area contributed by atoms with Crippen molar-refractivity contribution in [2.45, 2.75) is 13.0 Å². The molecule has 6 heteroatoms. The van der Waals surface area contributed by atoms with Crippen molar-refractivity contribution in [3.05, 3.63) is 60.2 Å². The van der Waals surface area contributed by atoms with Crippen LogP contribution in [0.25, 0.3) is 0 Å². The summed E-state index contributed by atoms with van der Waals surface area (Å²) in [4.78, 5) is 0. The largest absolute Gasteiger partial charge is 0.493 e. The van der Waals surface area contributed by atoms with Crippen LogP contribution in [0.4, 0.5) is 0 Å². The summed E-state index contributed by atoms with van der Waals surface area (Å²) in [5.41, 5.74) is 1.08. The first-order valence-electron chi connectivity index (χ1n) is 6.85. The second-order valence-corrected chi connectivity index (χ2v) is 7.59. The minimum atomic E-state index is -3.46. The highest BCUT2D eigenvalue weighted by molar-refractivity contribution is 8.13. The molecule has 0 radical (unpaired) electrons. The maximum absolute atomic E-state index is 10.8. The van der Waals surface area contributed by atoms with Gasteiger partial charge in [0, 0.05) is 16.7 Å². The molecule has 4 nitrogen and oxygen atoms in total. The Morgan fingerprint density at radius 3 is 2.27 bits per heavy atom. The molecule has 0 amide bonds. The van der Waals surface area contributed by atoms with Gasteiger partial charge in [-0.25, -0.2) is 8.42 Å². The molecule has 22 heavy (non-hydrogen) atoms. The van der Waals surface area contributed by atoms with Gasteiger partial charge in [0.15, 0.2) is 0 Å². The monoisotopic (exact) mass is 340 g/mol. The quantitative estimate of drug-likeness (QED) is 0.544. The molecule has 0 atom stereocenters. The molecule has 0 heterocycles. The normalized spacial score (nSPS) is 11.1. The first-order chi connectivity index (χ1) is 10.5. The average molecular weight is 341 g/mol. The molecule has 0 spiro atoms. The number of halogens is 1. The summed E-state index contributed by atoms with van der Waals surface area (Å²) < 4.78 is 32.8. The smallest absolute Gasteiger partial charge is 0.232 e. The second kappa shape index (κ2) is 8.06. The number of benzene rings is 2. The Labute approximate surface area is 135 Å². The highest BCUT2D eigenvalue weighted by Gasteiger charge is 2.05. The molecule has 0 saturated heterocycles. The lowest BCUT2D eigenvalue weighted by atomic mass is 10.2. The van der Waals surface area contributed by atoms with Crippen LogP contribution >= 0.6 is 10.7 Å². The van der Waals surface area contributed by atoms with Crippen LogP contribution in [-0.2, 0) is 15.7 Å². The molecule has 0 aliphatic rings. The van der Waals surface area contributed by atoms with E-state index in [0.717, 1.165) is 5.56 Å². The van der Waals surface area contributed by atoms with Gasteiger partial charge in [-0.3, -0.25) is 0 Å². The summed E-state index contributed by atoms with van der Waals surface area (Å²) in [5.74, 6) is 1.24. The number of hydrogen-bond acceptors (Lipinski definition) is 4. The third kappa shape index (κ3) is 6.37. The molecule has 118 valence electrons. The van der Waals surface area contributed by atoms with E-state index in [0.29, 0.717) is 24.5 Å². The molecular formula is C16H17ClO4S. The van der Waals surface area contributed by atoms with Crippen molar-refractivity contribution in [1.29, 1.82) is 0 Å². The van der Waals surface area contributed by atoms with E-state index >= 15 is 0 Å². The Morgan fingerprint density at radius 2 is 1.59 bits per heavy atom. The lowest BCUT2D eigenvalue weighted by molar-refractivity contribution is 0.295. The molecule has 2 aromatic rings. The Hall–Kier alpha value is -1.72. The fraction of sp³-hybridized carbons (Fsp3) is 0.250. The highest BCUT2D eigenvalue weighted by Crippen LogP contribution is 2.20. The summed E-state index contributed by atoms with van der Waals surface area (Å²) in [7, 11) is 1.68. The van der Waals surface area contributed by atoms with Crippen LogP contribution in [-0.4, -0.2) is 20.8 Å². The summed E-state index contributed by atoms with van der Waals surface area (Å²) in [6.07, 6.45) is 0.348.